The van der Waals surface area contributed by atoms with Crippen molar-refractivity contribution in [1.82, 2.24) is 0 Å². The number of thiocarbonyl (C=S) groups is 1. The molecule has 10 heavy (non-hydrogen) atoms. The lowest BCUT2D eigenvalue weighted by Crippen LogP contribution is -1.79. The summed E-state index contributed by atoms with van der Waals surface area (Å²) in [6.45, 7) is 0. The lowest BCUT2D eigenvalue weighted by molar-refractivity contribution is 1.28. The van der Waals surface area contributed by atoms with Gasteiger partial charge in [-0.3, -0.25) is 0 Å². The van der Waals surface area contributed by atoms with E-state index in [1.54, 1.807) is 30.6 Å². The van der Waals surface area contributed by atoms with Gasteiger partial charge in [-0.25, -0.2) is 4.99 Å². The fraction of sp³-hybridized carbons (Fsp3) is 0. The van der Waals surface area contributed by atoms with Crippen molar-refractivity contribution in [1.29, 1.82) is 0 Å². The minimum Gasteiger partial charge on any atom is -0.226 e. The molecule has 0 atom stereocenters. The molecule has 0 aromatic carbocycles. The predicted molar refractivity (Wildman–Crippen MR) is 44.2 cm³/mol. The highest BCUT2D eigenvalue weighted by Crippen LogP contribution is 1.89. The third-order valence-corrected chi connectivity index (χ3v) is 0.976. The van der Waals surface area contributed by atoms with Crippen LogP contribution in [0.25, 0.3) is 0 Å². The van der Waals surface area contributed by atoms with Crippen LogP contribution in [-0.4, -0.2) is 11.3 Å². The third kappa shape index (κ3) is 2.41. The predicted octanol–water partition coefficient (Wildman–Crippen LogP) is 1.88. The maximum absolute atomic E-state index is 4.69. The van der Waals surface area contributed by atoms with Crippen molar-refractivity contribution in [2.75, 3.05) is 0 Å². The summed E-state index contributed by atoms with van der Waals surface area (Å²) in [5, 5.41) is 7.43. The Kier molecular flexibility index (Phi) is 2.63. The number of aliphatic imine (C=N–C) groups is 1. The van der Waals surface area contributed by atoms with E-state index >= 15 is 0 Å². The van der Waals surface area contributed by atoms with E-state index in [-0.39, 0.29) is 5.11 Å². The Hall–Kier alpha value is -1.16. The van der Waals surface area contributed by atoms with Crippen molar-refractivity contribution in [3.63, 3.8) is 0 Å². The highest BCUT2D eigenvalue weighted by Gasteiger charge is 1.83. The summed E-state index contributed by atoms with van der Waals surface area (Å²) in [5.74, 6) is 0. The van der Waals surface area contributed by atoms with Gasteiger partial charge in [0.1, 0.15) is 0 Å². The van der Waals surface area contributed by atoms with E-state index < -0.39 is 0 Å². The Balaban J connectivity index is 2.80. The molecule has 1 rings (SSSR count). The minimum atomic E-state index is 0.246. The Bertz CT molecular complexity index is 213. The molecule has 0 saturated heterocycles. The second-order valence-electron chi connectivity index (χ2n) is 1.50. The van der Waals surface area contributed by atoms with Crippen molar-refractivity contribution >= 4 is 23.5 Å². The molecular formula is C6H5N3S. The summed E-state index contributed by atoms with van der Waals surface area (Å²) >= 11 is 4.69. The van der Waals surface area contributed by atoms with Gasteiger partial charge in [-0.1, -0.05) is 6.08 Å². The van der Waals surface area contributed by atoms with Crippen LogP contribution >= 0.6 is 12.2 Å². The molecule has 1 aliphatic heterocycles. The number of hydrogen-bond acceptors (Lipinski definition) is 2. The zero-order chi connectivity index (χ0) is 7.23. The van der Waals surface area contributed by atoms with Crippen molar-refractivity contribution in [2.45, 2.75) is 0 Å². The Morgan fingerprint density at radius 1 is 1.20 bits per heavy atom. The summed E-state index contributed by atoms with van der Waals surface area (Å²) in [4.78, 5) is 3.76. The summed E-state index contributed by atoms with van der Waals surface area (Å²) in [6.07, 6.45) is 8.45. The normalized spacial score (nSPS) is 29.4. The van der Waals surface area contributed by atoms with Crippen LogP contribution in [0.4, 0.5) is 0 Å². The van der Waals surface area contributed by atoms with Crippen LogP contribution in [0.1, 0.15) is 0 Å². The fourth-order valence-electron chi connectivity index (χ4n) is 0.417. The quantitative estimate of drug-likeness (QED) is 0.487. The molecule has 0 fully saturated rings. The summed E-state index contributed by atoms with van der Waals surface area (Å²) in [6, 6.07) is 0. The number of allylic oxidation sites excluding steroid dienone is 3. The summed E-state index contributed by atoms with van der Waals surface area (Å²) < 4.78 is 0. The van der Waals surface area contributed by atoms with Gasteiger partial charge in [0.05, 0.1) is 0 Å². The number of hydrogen-bond donors (Lipinski definition) is 0. The average Bonchev–Trinajstić information content (AvgIpc) is 2.02. The van der Waals surface area contributed by atoms with Gasteiger partial charge in [0.15, 0.2) is 0 Å². The van der Waals surface area contributed by atoms with Gasteiger partial charge < -0.3 is 0 Å². The molecule has 0 aliphatic carbocycles. The van der Waals surface area contributed by atoms with Gasteiger partial charge in [-0.15, -0.1) is 5.11 Å². The molecule has 0 amide bonds. The minimum absolute atomic E-state index is 0.246. The fourth-order valence-corrected chi connectivity index (χ4v) is 0.525. The highest BCUT2D eigenvalue weighted by atomic mass is 32.1. The second-order valence-corrected chi connectivity index (χ2v) is 1.87. The first-order valence-corrected chi connectivity index (χ1v) is 3.11. The SMILES string of the molecule is S=C1\N=C/C=C\C=C/N=N\1. The van der Waals surface area contributed by atoms with Crippen molar-refractivity contribution in [2.24, 2.45) is 15.2 Å². The molecule has 3 nitrogen and oxygen atoms in total. The summed E-state index contributed by atoms with van der Waals surface area (Å²) in [7, 11) is 0. The lowest BCUT2D eigenvalue weighted by Gasteiger charge is -1.78. The highest BCUT2D eigenvalue weighted by molar-refractivity contribution is 7.80. The molecule has 0 bridgehead atoms. The monoisotopic (exact) mass is 151 g/mol. The topological polar surface area (TPSA) is 37.1 Å². The van der Waals surface area contributed by atoms with E-state index in [4.69, 9.17) is 0 Å². The molecule has 0 spiro atoms. The summed E-state index contributed by atoms with van der Waals surface area (Å²) in [5.41, 5.74) is 0. The van der Waals surface area contributed by atoms with Crippen LogP contribution in [0, 0.1) is 0 Å². The van der Waals surface area contributed by atoms with Crippen LogP contribution < -0.4 is 0 Å². The van der Waals surface area contributed by atoms with Gasteiger partial charge in [0, 0.05) is 12.4 Å². The van der Waals surface area contributed by atoms with E-state index in [1.807, 2.05) is 0 Å². The maximum Gasteiger partial charge on any atom is 0.239 e. The maximum atomic E-state index is 4.69. The Morgan fingerprint density at radius 3 is 3.00 bits per heavy atom. The third-order valence-electron chi connectivity index (χ3n) is 0.789. The average molecular weight is 151 g/mol. The zero-order valence-corrected chi connectivity index (χ0v) is 5.95. The standard InChI is InChI=1S/C6H5N3S/c10-6-7-4-2-1-3-5-8-9-6/h1-5H/b2-1-,5-3-,7-4-,9-8-. The molecule has 1 aliphatic rings. The van der Waals surface area contributed by atoms with Crippen molar-refractivity contribution < 1.29 is 0 Å². The van der Waals surface area contributed by atoms with Gasteiger partial charge in [0.25, 0.3) is 0 Å². The van der Waals surface area contributed by atoms with Crippen molar-refractivity contribution in [3.05, 3.63) is 24.4 Å². The molecule has 0 aromatic rings. The molecular weight excluding hydrogens is 146 g/mol. The molecule has 0 radical (unpaired) electrons. The Morgan fingerprint density at radius 2 is 2.10 bits per heavy atom. The van der Waals surface area contributed by atoms with E-state index in [0.717, 1.165) is 0 Å². The smallest absolute Gasteiger partial charge is 0.226 e. The Labute approximate surface area is 63.9 Å². The van der Waals surface area contributed by atoms with Gasteiger partial charge in [-0.2, -0.15) is 5.11 Å². The van der Waals surface area contributed by atoms with E-state index in [9.17, 15) is 0 Å². The van der Waals surface area contributed by atoms with Gasteiger partial charge >= 0.3 is 0 Å². The van der Waals surface area contributed by atoms with Gasteiger partial charge in [0.2, 0.25) is 5.11 Å². The van der Waals surface area contributed by atoms with Crippen LogP contribution in [-0.2, 0) is 0 Å². The first kappa shape index (κ1) is 6.95. The number of azo groups is 1. The van der Waals surface area contributed by atoms with Crippen LogP contribution in [0.15, 0.2) is 39.6 Å². The molecule has 4 heteroatoms. The van der Waals surface area contributed by atoms with Crippen LogP contribution in [0.3, 0.4) is 0 Å². The molecule has 0 N–H and O–H groups in total. The van der Waals surface area contributed by atoms with Crippen LogP contribution in [0.5, 0.6) is 0 Å². The van der Waals surface area contributed by atoms with E-state index in [2.05, 4.69) is 27.4 Å². The van der Waals surface area contributed by atoms with Crippen LogP contribution in [0.2, 0.25) is 0 Å². The van der Waals surface area contributed by atoms with Crippen molar-refractivity contribution in [3.8, 4) is 0 Å². The van der Waals surface area contributed by atoms with E-state index in [0.29, 0.717) is 0 Å². The first-order chi connectivity index (χ1) is 4.89. The zero-order valence-electron chi connectivity index (χ0n) is 5.14. The first-order valence-electron chi connectivity index (χ1n) is 2.70. The van der Waals surface area contributed by atoms with E-state index in [1.165, 1.54) is 0 Å². The molecule has 0 aromatic heterocycles. The lowest BCUT2D eigenvalue weighted by atomic mass is 10.5. The molecule has 0 unspecified atom stereocenters. The number of rotatable bonds is 0. The molecule has 50 valence electrons. The molecule has 0 saturated carbocycles. The second kappa shape index (κ2) is 3.79. The number of nitrogens with zero attached hydrogens (tertiary/aromatic N) is 3. The van der Waals surface area contributed by atoms with Gasteiger partial charge in [-0.05, 0) is 24.4 Å². The molecule has 1 heterocycles. The largest absolute Gasteiger partial charge is 0.239 e.